The summed E-state index contributed by atoms with van der Waals surface area (Å²) in [6.45, 7) is 3.42. The van der Waals surface area contributed by atoms with Crippen molar-refractivity contribution in [3.8, 4) is 0 Å². The number of nitrogens with zero attached hydrogens (tertiary/aromatic N) is 2. The highest BCUT2D eigenvalue weighted by Crippen LogP contribution is 2.33. The Hall–Kier alpha value is -0.850. The van der Waals surface area contributed by atoms with Crippen LogP contribution >= 0.6 is 22.9 Å². The molecule has 0 bridgehead atoms. The first-order valence-corrected chi connectivity index (χ1v) is 7.40. The molecule has 2 heterocycles. The van der Waals surface area contributed by atoms with Gasteiger partial charge in [-0.05, 0) is 19.8 Å². The Kier molecular flexibility index (Phi) is 4.65. The van der Waals surface area contributed by atoms with E-state index in [1.165, 1.54) is 18.4 Å². The third kappa shape index (κ3) is 3.19. The molecule has 19 heavy (non-hydrogen) atoms. The highest BCUT2D eigenvalue weighted by Gasteiger charge is 2.27. The largest absolute Gasteiger partial charge is 0.465 e. The lowest BCUT2D eigenvalue weighted by molar-refractivity contribution is 0.0606. The molecule has 1 aromatic rings. The molecule has 2 rings (SSSR count). The van der Waals surface area contributed by atoms with Crippen LogP contribution in [-0.2, 0) is 4.74 Å². The van der Waals surface area contributed by atoms with Crippen molar-refractivity contribution in [1.82, 2.24) is 4.98 Å². The van der Waals surface area contributed by atoms with E-state index in [-0.39, 0.29) is 17.2 Å². The molecule has 106 valence electrons. The van der Waals surface area contributed by atoms with Crippen LogP contribution in [0.25, 0.3) is 0 Å². The van der Waals surface area contributed by atoms with Gasteiger partial charge in [-0.3, -0.25) is 0 Å². The summed E-state index contributed by atoms with van der Waals surface area (Å²) in [6, 6.07) is 0. The molecule has 0 aliphatic carbocycles. The maximum atomic E-state index is 11.5. The zero-order chi connectivity index (χ0) is 14.0. The molecule has 2 atom stereocenters. The lowest BCUT2D eigenvalue weighted by Gasteiger charge is -2.33. The Bertz CT molecular complexity index is 464. The fraction of sp³-hybridized carbons (Fsp3) is 0.667. The molecule has 1 aromatic heterocycles. The van der Waals surface area contributed by atoms with Gasteiger partial charge in [0.15, 0.2) is 15.2 Å². The van der Waals surface area contributed by atoms with Gasteiger partial charge < -0.3 is 14.7 Å². The molecule has 1 saturated heterocycles. The number of aliphatic hydroxyl groups is 1. The summed E-state index contributed by atoms with van der Waals surface area (Å²) in [6.07, 6.45) is 1.68. The van der Waals surface area contributed by atoms with Gasteiger partial charge in [-0.15, -0.1) is 0 Å². The zero-order valence-corrected chi connectivity index (χ0v) is 12.5. The van der Waals surface area contributed by atoms with Gasteiger partial charge in [0.2, 0.25) is 0 Å². The number of aliphatic hydroxyl groups excluding tert-OH is 1. The summed E-state index contributed by atoms with van der Waals surface area (Å²) in [7, 11) is 1.32. The third-order valence-corrected chi connectivity index (χ3v) is 4.84. The molecule has 1 aliphatic heterocycles. The number of hydrogen-bond donors (Lipinski definition) is 1. The van der Waals surface area contributed by atoms with E-state index in [0.29, 0.717) is 4.88 Å². The molecule has 0 saturated carbocycles. The normalized spacial score (nSPS) is 21.3. The van der Waals surface area contributed by atoms with Crippen LogP contribution in [0, 0.1) is 5.92 Å². The summed E-state index contributed by atoms with van der Waals surface area (Å²) in [5, 5.41) is 10.6. The smallest absolute Gasteiger partial charge is 0.351 e. The second kappa shape index (κ2) is 6.07. The fourth-order valence-corrected chi connectivity index (χ4v) is 3.46. The van der Waals surface area contributed by atoms with Crippen LogP contribution in [0.15, 0.2) is 0 Å². The summed E-state index contributed by atoms with van der Waals surface area (Å²) < 4.78 is 4.67. The molecule has 5 nitrogen and oxygen atoms in total. The van der Waals surface area contributed by atoms with Crippen molar-refractivity contribution in [3.63, 3.8) is 0 Å². The second-order valence-corrected chi connectivity index (χ2v) is 6.03. The number of methoxy groups -OCH3 is 1. The van der Waals surface area contributed by atoms with Gasteiger partial charge in [0, 0.05) is 19.0 Å². The molecule has 0 amide bonds. The number of ether oxygens (including phenoxy) is 1. The van der Waals surface area contributed by atoms with E-state index in [2.05, 4.69) is 14.6 Å². The number of carbonyl (C=O) groups is 1. The zero-order valence-electron chi connectivity index (χ0n) is 10.9. The van der Waals surface area contributed by atoms with Crippen LogP contribution < -0.4 is 4.90 Å². The number of piperidine rings is 1. The highest BCUT2D eigenvalue weighted by atomic mass is 35.5. The van der Waals surface area contributed by atoms with Crippen LogP contribution in [0.5, 0.6) is 0 Å². The quantitative estimate of drug-likeness (QED) is 0.867. The van der Waals surface area contributed by atoms with E-state index in [4.69, 9.17) is 11.6 Å². The average Bonchev–Trinajstić information content (AvgIpc) is 2.80. The molecule has 0 radical (unpaired) electrons. The topological polar surface area (TPSA) is 62.7 Å². The Morgan fingerprint density at radius 3 is 3.05 bits per heavy atom. The van der Waals surface area contributed by atoms with E-state index < -0.39 is 5.97 Å². The molecule has 1 aliphatic rings. The third-order valence-electron chi connectivity index (χ3n) is 3.36. The SMILES string of the molecule is COC(=O)c1sc(N2CCCC(C(C)O)C2)nc1Cl. The average molecular weight is 305 g/mol. The Morgan fingerprint density at radius 2 is 2.42 bits per heavy atom. The molecule has 1 fully saturated rings. The predicted molar refractivity (Wildman–Crippen MR) is 75.1 cm³/mol. The number of hydrogen-bond acceptors (Lipinski definition) is 6. The number of thiazole rings is 1. The van der Waals surface area contributed by atoms with Crippen LogP contribution in [0.1, 0.15) is 29.4 Å². The number of carbonyl (C=O) groups excluding carboxylic acids is 1. The predicted octanol–water partition coefficient (Wildman–Crippen LogP) is 2.18. The van der Waals surface area contributed by atoms with Crippen LogP contribution in [-0.4, -0.2) is 42.4 Å². The van der Waals surface area contributed by atoms with E-state index in [1.807, 2.05) is 6.92 Å². The van der Waals surface area contributed by atoms with Crippen molar-refractivity contribution in [2.75, 3.05) is 25.1 Å². The first kappa shape index (κ1) is 14.6. The van der Waals surface area contributed by atoms with Crippen LogP contribution in [0.4, 0.5) is 5.13 Å². The van der Waals surface area contributed by atoms with E-state index >= 15 is 0 Å². The standard InChI is InChI=1S/C12H17ClN2O3S/c1-7(16)8-4-3-5-15(6-8)12-14-10(13)9(19-12)11(17)18-2/h7-8,16H,3-6H2,1-2H3. The van der Waals surface area contributed by atoms with Crippen molar-refractivity contribution >= 4 is 34.0 Å². The minimum atomic E-state index is -0.460. The van der Waals surface area contributed by atoms with Gasteiger partial charge in [-0.25, -0.2) is 9.78 Å². The Balaban J connectivity index is 2.15. The molecular weight excluding hydrogens is 288 g/mol. The first-order chi connectivity index (χ1) is 9.02. The number of halogens is 1. The Labute approximate surface area is 121 Å². The van der Waals surface area contributed by atoms with Crippen molar-refractivity contribution in [3.05, 3.63) is 10.0 Å². The van der Waals surface area contributed by atoms with Crippen molar-refractivity contribution in [2.45, 2.75) is 25.9 Å². The maximum Gasteiger partial charge on any atom is 0.351 e. The summed E-state index contributed by atoms with van der Waals surface area (Å²) in [5.74, 6) is -0.226. The second-order valence-electron chi connectivity index (χ2n) is 4.70. The van der Waals surface area contributed by atoms with Gasteiger partial charge in [-0.2, -0.15) is 0 Å². The minimum Gasteiger partial charge on any atom is -0.465 e. The molecule has 0 aromatic carbocycles. The van der Waals surface area contributed by atoms with Crippen LogP contribution in [0.3, 0.4) is 0 Å². The lowest BCUT2D eigenvalue weighted by atomic mass is 9.94. The summed E-state index contributed by atoms with van der Waals surface area (Å²) in [4.78, 5) is 18.1. The van der Waals surface area contributed by atoms with E-state index in [9.17, 15) is 9.90 Å². The summed E-state index contributed by atoms with van der Waals surface area (Å²) in [5.41, 5.74) is 0. The van der Waals surface area contributed by atoms with Crippen molar-refractivity contribution < 1.29 is 14.6 Å². The number of aromatic nitrogens is 1. The van der Waals surface area contributed by atoms with E-state index in [1.54, 1.807) is 0 Å². The lowest BCUT2D eigenvalue weighted by Crippen LogP contribution is -2.39. The van der Waals surface area contributed by atoms with Crippen molar-refractivity contribution in [2.24, 2.45) is 5.92 Å². The first-order valence-electron chi connectivity index (χ1n) is 6.20. The maximum absolute atomic E-state index is 11.5. The molecule has 2 unspecified atom stereocenters. The Morgan fingerprint density at radius 1 is 1.68 bits per heavy atom. The molecule has 0 spiro atoms. The minimum absolute atomic E-state index is 0.186. The number of rotatable bonds is 3. The molecular formula is C12H17ClN2O3S. The van der Waals surface area contributed by atoms with Gasteiger partial charge in [0.25, 0.3) is 0 Å². The van der Waals surface area contributed by atoms with E-state index in [0.717, 1.165) is 31.1 Å². The summed E-state index contributed by atoms with van der Waals surface area (Å²) >= 11 is 7.20. The van der Waals surface area contributed by atoms with Gasteiger partial charge in [-0.1, -0.05) is 22.9 Å². The number of esters is 1. The molecule has 1 N–H and O–H groups in total. The van der Waals surface area contributed by atoms with Crippen molar-refractivity contribution in [1.29, 1.82) is 0 Å². The monoisotopic (exact) mass is 304 g/mol. The van der Waals surface area contributed by atoms with Gasteiger partial charge in [0.05, 0.1) is 13.2 Å². The fourth-order valence-electron chi connectivity index (χ4n) is 2.22. The highest BCUT2D eigenvalue weighted by molar-refractivity contribution is 7.18. The van der Waals surface area contributed by atoms with Crippen LogP contribution in [0.2, 0.25) is 5.15 Å². The van der Waals surface area contributed by atoms with Gasteiger partial charge >= 0.3 is 5.97 Å². The number of anilines is 1. The molecule has 7 heteroatoms. The van der Waals surface area contributed by atoms with Gasteiger partial charge in [0.1, 0.15) is 0 Å².